The largest absolute Gasteiger partial charge is 0.508 e. The van der Waals surface area contributed by atoms with Gasteiger partial charge in [-0.1, -0.05) is 42.5 Å². The maximum absolute atomic E-state index is 9.47. The van der Waals surface area contributed by atoms with Crippen LogP contribution in [-0.4, -0.2) is 24.2 Å². The van der Waals surface area contributed by atoms with Crippen molar-refractivity contribution in [2.45, 2.75) is 26.4 Å². The predicted octanol–water partition coefficient (Wildman–Crippen LogP) is 4.38. The van der Waals surface area contributed by atoms with Gasteiger partial charge in [0.1, 0.15) is 5.75 Å². The van der Waals surface area contributed by atoms with E-state index in [-0.39, 0.29) is 0 Å². The molecular weight excluding hydrogens is 336 g/mol. The Morgan fingerprint density at radius 2 is 1.70 bits per heavy atom. The van der Waals surface area contributed by atoms with Crippen molar-refractivity contribution in [3.8, 4) is 28.4 Å². The summed E-state index contributed by atoms with van der Waals surface area (Å²) in [7, 11) is 0. The number of hydrogen-bond acceptors (Lipinski definition) is 3. The standard InChI is InChI=1S/C22H22N4O/c1-2-25-15-23-14-20(25)22-21(18-6-4-3-5-7-18)24-16-26(22)13-12-17-8-10-19(27)11-9-17/h3-11,14-16,27H,2,12-13H2,1H3. The first-order valence-electron chi connectivity index (χ1n) is 9.15. The fraction of sp³-hybridized carbons (Fsp3) is 0.182. The SMILES string of the molecule is CCn1cncc1-c1c(-c2ccccc2)ncn1CCc1ccc(O)cc1. The molecule has 0 spiro atoms. The molecule has 5 nitrogen and oxygen atoms in total. The Labute approximate surface area is 158 Å². The number of imidazole rings is 2. The summed E-state index contributed by atoms with van der Waals surface area (Å²) in [5.74, 6) is 0.292. The van der Waals surface area contributed by atoms with E-state index in [0.717, 1.165) is 42.2 Å². The van der Waals surface area contributed by atoms with Gasteiger partial charge in [0.05, 0.1) is 35.9 Å². The summed E-state index contributed by atoms with van der Waals surface area (Å²) in [6, 6.07) is 17.6. The number of benzene rings is 2. The van der Waals surface area contributed by atoms with E-state index < -0.39 is 0 Å². The van der Waals surface area contributed by atoms with Gasteiger partial charge in [-0.2, -0.15) is 0 Å². The van der Waals surface area contributed by atoms with Gasteiger partial charge in [-0.05, 0) is 31.0 Å². The third kappa shape index (κ3) is 3.49. The number of aromatic nitrogens is 4. The van der Waals surface area contributed by atoms with Gasteiger partial charge in [0.25, 0.3) is 0 Å². The van der Waals surface area contributed by atoms with E-state index in [1.165, 1.54) is 5.56 Å². The molecule has 27 heavy (non-hydrogen) atoms. The quantitative estimate of drug-likeness (QED) is 0.556. The van der Waals surface area contributed by atoms with Gasteiger partial charge < -0.3 is 14.2 Å². The van der Waals surface area contributed by atoms with Crippen LogP contribution in [0.5, 0.6) is 5.75 Å². The van der Waals surface area contributed by atoms with Crippen molar-refractivity contribution in [3.05, 3.63) is 79.0 Å². The number of phenolic OH excluding ortho intramolecular Hbond substituents is 1. The van der Waals surface area contributed by atoms with Crippen molar-refractivity contribution >= 4 is 0 Å². The van der Waals surface area contributed by atoms with Gasteiger partial charge in [0.2, 0.25) is 0 Å². The lowest BCUT2D eigenvalue weighted by atomic mass is 10.1. The lowest BCUT2D eigenvalue weighted by molar-refractivity contribution is 0.475. The Bertz CT molecular complexity index is 1020. The maximum atomic E-state index is 9.47. The molecule has 4 rings (SSSR count). The van der Waals surface area contributed by atoms with Gasteiger partial charge in [-0.15, -0.1) is 0 Å². The molecule has 0 saturated heterocycles. The van der Waals surface area contributed by atoms with Crippen LogP contribution in [0.3, 0.4) is 0 Å². The van der Waals surface area contributed by atoms with Gasteiger partial charge in [-0.3, -0.25) is 0 Å². The van der Waals surface area contributed by atoms with Crippen molar-refractivity contribution < 1.29 is 5.11 Å². The fourth-order valence-electron chi connectivity index (χ4n) is 3.31. The second-order valence-corrected chi connectivity index (χ2v) is 6.48. The summed E-state index contributed by atoms with van der Waals surface area (Å²) in [6.45, 7) is 3.77. The van der Waals surface area contributed by atoms with Crippen LogP contribution in [0.25, 0.3) is 22.6 Å². The van der Waals surface area contributed by atoms with Crippen molar-refractivity contribution in [1.29, 1.82) is 0 Å². The molecule has 0 bridgehead atoms. The number of rotatable bonds is 6. The molecule has 0 aliphatic carbocycles. The first kappa shape index (κ1) is 17.1. The summed E-state index contributed by atoms with van der Waals surface area (Å²) < 4.78 is 4.33. The average Bonchev–Trinajstić information content (AvgIpc) is 3.34. The van der Waals surface area contributed by atoms with E-state index in [2.05, 4.69) is 33.2 Å². The van der Waals surface area contributed by atoms with Crippen LogP contribution in [0.4, 0.5) is 0 Å². The van der Waals surface area contributed by atoms with Crippen molar-refractivity contribution in [2.75, 3.05) is 0 Å². The average molecular weight is 358 g/mol. The molecule has 0 radical (unpaired) electrons. The number of aromatic hydroxyl groups is 1. The van der Waals surface area contributed by atoms with Crippen LogP contribution in [-0.2, 0) is 19.5 Å². The number of hydrogen-bond donors (Lipinski definition) is 1. The van der Waals surface area contributed by atoms with E-state index >= 15 is 0 Å². The molecule has 0 aliphatic heterocycles. The van der Waals surface area contributed by atoms with Gasteiger partial charge >= 0.3 is 0 Å². The van der Waals surface area contributed by atoms with E-state index in [1.807, 2.05) is 49.2 Å². The minimum Gasteiger partial charge on any atom is -0.508 e. The molecule has 0 aliphatic rings. The third-order valence-corrected chi connectivity index (χ3v) is 4.76. The molecule has 0 amide bonds. The lowest BCUT2D eigenvalue weighted by Crippen LogP contribution is -2.05. The van der Waals surface area contributed by atoms with Crippen molar-refractivity contribution in [2.24, 2.45) is 0 Å². The Balaban J connectivity index is 1.73. The molecule has 0 fully saturated rings. The summed E-state index contributed by atoms with van der Waals surface area (Å²) >= 11 is 0. The second kappa shape index (κ2) is 7.50. The van der Waals surface area contributed by atoms with Crippen LogP contribution in [0, 0.1) is 0 Å². The fourth-order valence-corrected chi connectivity index (χ4v) is 3.31. The van der Waals surface area contributed by atoms with Gasteiger partial charge in [0, 0.05) is 18.7 Å². The first-order valence-corrected chi connectivity index (χ1v) is 9.15. The summed E-state index contributed by atoms with van der Waals surface area (Å²) in [6.07, 6.45) is 6.54. The highest BCUT2D eigenvalue weighted by Gasteiger charge is 2.18. The molecular formula is C22H22N4O. The van der Waals surface area contributed by atoms with Crippen LogP contribution in [0.15, 0.2) is 73.4 Å². The minimum atomic E-state index is 0.292. The molecule has 2 heterocycles. The number of nitrogens with zero attached hydrogens (tertiary/aromatic N) is 4. The van der Waals surface area contributed by atoms with E-state index in [4.69, 9.17) is 4.98 Å². The highest BCUT2D eigenvalue weighted by molar-refractivity contribution is 5.76. The summed E-state index contributed by atoms with van der Waals surface area (Å²) in [5.41, 5.74) is 5.40. The van der Waals surface area contributed by atoms with Crippen LogP contribution in [0.2, 0.25) is 0 Å². The Hall–Kier alpha value is -3.34. The normalized spacial score (nSPS) is 11.0. The molecule has 5 heteroatoms. The monoisotopic (exact) mass is 358 g/mol. The van der Waals surface area contributed by atoms with E-state index in [1.54, 1.807) is 12.1 Å². The molecule has 4 aromatic rings. The molecule has 2 aromatic carbocycles. The van der Waals surface area contributed by atoms with Crippen LogP contribution < -0.4 is 0 Å². The predicted molar refractivity (Wildman–Crippen MR) is 106 cm³/mol. The molecule has 2 aromatic heterocycles. The minimum absolute atomic E-state index is 0.292. The highest BCUT2D eigenvalue weighted by atomic mass is 16.3. The molecule has 0 atom stereocenters. The molecule has 136 valence electrons. The van der Waals surface area contributed by atoms with E-state index in [0.29, 0.717) is 5.75 Å². The smallest absolute Gasteiger partial charge is 0.115 e. The zero-order valence-corrected chi connectivity index (χ0v) is 15.3. The van der Waals surface area contributed by atoms with E-state index in [9.17, 15) is 5.11 Å². The van der Waals surface area contributed by atoms with Crippen molar-refractivity contribution in [1.82, 2.24) is 19.1 Å². The zero-order valence-electron chi connectivity index (χ0n) is 15.3. The Morgan fingerprint density at radius 1 is 0.926 bits per heavy atom. The Morgan fingerprint density at radius 3 is 2.44 bits per heavy atom. The molecule has 0 unspecified atom stereocenters. The van der Waals surface area contributed by atoms with Crippen molar-refractivity contribution in [3.63, 3.8) is 0 Å². The topological polar surface area (TPSA) is 55.9 Å². The first-order chi connectivity index (χ1) is 13.3. The number of phenols is 1. The summed E-state index contributed by atoms with van der Waals surface area (Å²) in [4.78, 5) is 9.07. The summed E-state index contributed by atoms with van der Waals surface area (Å²) in [5, 5.41) is 9.47. The lowest BCUT2D eigenvalue weighted by Gasteiger charge is -2.12. The van der Waals surface area contributed by atoms with Crippen LogP contribution in [0.1, 0.15) is 12.5 Å². The molecule has 0 saturated carbocycles. The highest BCUT2D eigenvalue weighted by Crippen LogP contribution is 2.31. The second-order valence-electron chi connectivity index (χ2n) is 6.48. The molecule has 1 N–H and O–H groups in total. The maximum Gasteiger partial charge on any atom is 0.115 e. The Kier molecular flexibility index (Phi) is 4.75. The van der Waals surface area contributed by atoms with Gasteiger partial charge in [0.15, 0.2) is 0 Å². The third-order valence-electron chi connectivity index (χ3n) is 4.76. The van der Waals surface area contributed by atoms with Gasteiger partial charge in [-0.25, -0.2) is 9.97 Å². The van der Waals surface area contributed by atoms with Crippen LogP contribution >= 0.6 is 0 Å². The zero-order chi connectivity index (χ0) is 18.6. The number of aryl methyl sites for hydroxylation is 3.